The van der Waals surface area contributed by atoms with Crippen LogP contribution in [0.2, 0.25) is 0 Å². The average Bonchev–Trinajstić information content (AvgIpc) is 2.19. The van der Waals surface area contributed by atoms with Crippen LogP contribution < -0.4 is 5.32 Å². The fraction of sp³-hybridized carbons (Fsp3) is 0.444. The Balaban J connectivity index is 2.60. The van der Waals surface area contributed by atoms with Gasteiger partial charge in [0.15, 0.2) is 5.82 Å². The quantitative estimate of drug-likeness (QED) is 0.919. The number of nitrogens with one attached hydrogen (secondary N) is 1. The Bertz CT molecular complexity index is 357. The number of carbonyl (C=O) groups is 1. The summed E-state index contributed by atoms with van der Waals surface area (Å²) >= 11 is 6.41. The predicted molar refractivity (Wildman–Crippen MR) is 65.6 cm³/mol. The average molecular weight is 337 g/mol. The predicted octanol–water partition coefficient (Wildman–Crippen LogP) is 3.13. The van der Waals surface area contributed by atoms with Crippen molar-refractivity contribution in [2.24, 2.45) is 0 Å². The molecule has 0 radical (unpaired) electrons. The van der Waals surface area contributed by atoms with Gasteiger partial charge in [-0.1, -0.05) is 13.3 Å². The fourth-order valence-corrected chi connectivity index (χ4v) is 1.87. The van der Waals surface area contributed by atoms with Crippen LogP contribution >= 0.6 is 31.9 Å². The topological polar surface area (TPSA) is 54.9 Å². The first-order valence-electron chi connectivity index (χ1n) is 4.61. The normalized spacial score (nSPS) is 10.1. The number of carbonyl (C=O) groups excluding carboxylic acids is 1. The highest BCUT2D eigenvalue weighted by Crippen LogP contribution is 2.19. The van der Waals surface area contributed by atoms with Crippen LogP contribution in [0.25, 0.3) is 0 Å². The summed E-state index contributed by atoms with van der Waals surface area (Å²) in [7, 11) is 0. The lowest BCUT2D eigenvalue weighted by Crippen LogP contribution is -2.13. The van der Waals surface area contributed by atoms with Gasteiger partial charge in [-0.15, -0.1) is 0 Å². The van der Waals surface area contributed by atoms with Crippen LogP contribution in [0.4, 0.5) is 5.82 Å². The summed E-state index contributed by atoms with van der Waals surface area (Å²) in [5.74, 6) is 0.425. The Labute approximate surface area is 105 Å². The number of amides is 1. The minimum Gasteiger partial charge on any atom is -0.308 e. The number of unbranched alkanes of at least 4 members (excludes halogenated alkanes) is 1. The third-order valence-electron chi connectivity index (χ3n) is 1.72. The molecule has 1 heterocycles. The third-order valence-corrected chi connectivity index (χ3v) is 2.65. The van der Waals surface area contributed by atoms with Crippen molar-refractivity contribution < 1.29 is 4.79 Å². The molecule has 0 aromatic carbocycles. The summed E-state index contributed by atoms with van der Waals surface area (Å²) in [5.41, 5.74) is 0. The molecule has 0 saturated heterocycles. The van der Waals surface area contributed by atoms with Gasteiger partial charge in [0.05, 0.1) is 6.20 Å². The van der Waals surface area contributed by atoms with Crippen LogP contribution in [-0.2, 0) is 4.79 Å². The highest BCUT2D eigenvalue weighted by molar-refractivity contribution is 9.11. The first kappa shape index (κ1) is 12.6. The molecule has 15 heavy (non-hydrogen) atoms. The van der Waals surface area contributed by atoms with Crippen LogP contribution in [0.5, 0.6) is 0 Å². The van der Waals surface area contributed by atoms with Crippen molar-refractivity contribution in [3.05, 3.63) is 15.4 Å². The standard InChI is InChI=1S/C9H11Br2N3O/c1-2-3-4-7(15)14-9-8(11)13-6(10)5-12-9/h5H,2-4H2,1H3,(H,12,14,15). The molecule has 0 aliphatic rings. The van der Waals surface area contributed by atoms with E-state index in [9.17, 15) is 4.79 Å². The van der Waals surface area contributed by atoms with E-state index in [1.165, 1.54) is 0 Å². The van der Waals surface area contributed by atoms with Crippen LogP contribution in [0.1, 0.15) is 26.2 Å². The number of hydrogen-bond donors (Lipinski definition) is 1. The van der Waals surface area contributed by atoms with Gasteiger partial charge in [0.1, 0.15) is 9.21 Å². The summed E-state index contributed by atoms with van der Waals surface area (Å²) in [4.78, 5) is 19.5. The van der Waals surface area contributed by atoms with Gasteiger partial charge in [0.25, 0.3) is 0 Å². The van der Waals surface area contributed by atoms with Gasteiger partial charge in [-0.2, -0.15) is 0 Å². The largest absolute Gasteiger partial charge is 0.308 e. The number of halogens is 2. The zero-order valence-corrected chi connectivity index (χ0v) is 11.4. The highest BCUT2D eigenvalue weighted by Gasteiger charge is 2.07. The van der Waals surface area contributed by atoms with E-state index in [4.69, 9.17) is 0 Å². The lowest BCUT2D eigenvalue weighted by Gasteiger charge is -2.05. The Morgan fingerprint density at radius 2 is 2.27 bits per heavy atom. The maximum Gasteiger partial charge on any atom is 0.225 e. The van der Waals surface area contributed by atoms with Crippen molar-refractivity contribution in [3.8, 4) is 0 Å². The molecule has 0 unspecified atom stereocenters. The second kappa shape index (κ2) is 6.17. The van der Waals surface area contributed by atoms with E-state index < -0.39 is 0 Å². The zero-order chi connectivity index (χ0) is 11.3. The molecule has 1 rings (SSSR count). The molecule has 4 nitrogen and oxygen atoms in total. The molecule has 1 amide bonds. The lowest BCUT2D eigenvalue weighted by molar-refractivity contribution is -0.116. The summed E-state index contributed by atoms with van der Waals surface area (Å²) < 4.78 is 1.16. The number of nitrogens with zero attached hydrogens (tertiary/aromatic N) is 2. The summed E-state index contributed by atoms with van der Waals surface area (Å²) in [6.45, 7) is 2.04. The molecule has 1 aromatic rings. The van der Waals surface area contributed by atoms with Crippen LogP contribution in [-0.4, -0.2) is 15.9 Å². The second-order valence-electron chi connectivity index (χ2n) is 2.98. The molecule has 0 aliphatic heterocycles. The lowest BCUT2D eigenvalue weighted by atomic mass is 10.2. The van der Waals surface area contributed by atoms with Crippen molar-refractivity contribution >= 4 is 43.6 Å². The number of aromatic nitrogens is 2. The van der Waals surface area contributed by atoms with Crippen molar-refractivity contribution in [1.82, 2.24) is 9.97 Å². The van der Waals surface area contributed by atoms with Crippen LogP contribution in [0.15, 0.2) is 15.4 Å². The summed E-state index contributed by atoms with van der Waals surface area (Å²) in [5, 5.41) is 2.69. The Morgan fingerprint density at radius 1 is 1.53 bits per heavy atom. The first-order valence-corrected chi connectivity index (χ1v) is 6.20. The molecule has 0 saturated carbocycles. The van der Waals surface area contributed by atoms with Crippen LogP contribution in [0.3, 0.4) is 0 Å². The molecule has 0 fully saturated rings. The van der Waals surface area contributed by atoms with E-state index in [-0.39, 0.29) is 5.91 Å². The minimum atomic E-state index is -0.0332. The Morgan fingerprint density at radius 3 is 2.87 bits per heavy atom. The van der Waals surface area contributed by atoms with E-state index in [2.05, 4.69) is 47.1 Å². The second-order valence-corrected chi connectivity index (χ2v) is 4.55. The van der Waals surface area contributed by atoms with E-state index in [1.807, 2.05) is 6.92 Å². The van der Waals surface area contributed by atoms with E-state index in [1.54, 1.807) is 6.20 Å². The SMILES string of the molecule is CCCCC(=O)Nc1ncc(Br)nc1Br. The Hall–Kier alpha value is -0.490. The molecule has 0 bridgehead atoms. The van der Waals surface area contributed by atoms with Crippen molar-refractivity contribution in [2.75, 3.05) is 5.32 Å². The molecular formula is C9H11Br2N3O. The molecule has 0 aliphatic carbocycles. The number of hydrogen-bond acceptors (Lipinski definition) is 3. The number of anilines is 1. The maximum atomic E-state index is 11.4. The van der Waals surface area contributed by atoms with Gasteiger partial charge < -0.3 is 5.32 Å². The molecule has 0 atom stereocenters. The molecule has 82 valence electrons. The molecule has 6 heteroatoms. The summed E-state index contributed by atoms with van der Waals surface area (Å²) in [6, 6.07) is 0. The smallest absolute Gasteiger partial charge is 0.225 e. The van der Waals surface area contributed by atoms with E-state index in [0.717, 1.165) is 12.8 Å². The van der Waals surface area contributed by atoms with Gasteiger partial charge >= 0.3 is 0 Å². The van der Waals surface area contributed by atoms with Gasteiger partial charge in [-0.3, -0.25) is 4.79 Å². The number of rotatable bonds is 4. The molecule has 1 aromatic heterocycles. The third kappa shape index (κ3) is 4.25. The van der Waals surface area contributed by atoms with E-state index in [0.29, 0.717) is 21.4 Å². The molecular weight excluding hydrogens is 326 g/mol. The van der Waals surface area contributed by atoms with E-state index >= 15 is 0 Å². The van der Waals surface area contributed by atoms with Crippen molar-refractivity contribution in [2.45, 2.75) is 26.2 Å². The minimum absolute atomic E-state index is 0.0332. The van der Waals surface area contributed by atoms with Gasteiger partial charge in [0.2, 0.25) is 5.91 Å². The van der Waals surface area contributed by atoms with Crippen LogP contribution in [0, 0.1) is 0 Å². The highest BCUT2D eigenvalue weighted by atomic mass is 79.9. The summed E-state index contributed by atoms with van der Waals surface area (Å²) in [6.07, 6.45) is 3.94. The zero-order valence-electron chi connectivity index (χ0n) is 8.26. The van der Waals surface area contributed by atoms with Gasteiger partial charge in [-0.25, -0.2) is 9.97 Å². The molecule has 0 spiro atoms. The van der Waals surface area contributed by atoms with Crippen molar-refractivity contribution in [3.63, 3.8) is 0 Å². The Kier molecular flexibility index (Phi) is 5.17. The maximum absolute atomic E-state index is 11.4. The van der Waals surface area contributed by atoms with Crippen molar-refractivity contribution in [1.29, 1.82) is 0 Å². The molecule has 1 N–H and O–H groups in total. The van der Waals surface area contributed by atoms with Gasteiger partial charge in [0, 0.05) is 6.42 Å². The van der Waals surface area contributed by atoms with Gasteiger partial charge in [-0.05, 0) is 38.3 Å². The fourth-order valence-electron chi connectivity index (χ4n) is 0.962. The first-order chi connectivity index (χ1) is 7.13. The monoisotopic (exact) mass is 335 g/mol.